The van der Waals surface area contributed by atoms with Crippen molar-refractivity contribution in [1.82, 2.24) is 10.2 Å². The number of hydrogen-bond donors (Lipinski definition) is 1. The van der Waals surface area contributed by atoms with Crippen LogP contribution in [0.15, 0.2) is 24.3 Å². The molecule has 0 spiro atoms. The molecule has 0 saturated carbocycles. The van der Waals surface area contributed by atoms with Gasteiger partial charge in [-0.1, -0.05) is 6.92 Å². The molecule has 2 atom stereocenters. The highest BCUT2D eigenvalue weighted by molar-refractivity contribution is 5.94. The van der Waals surface area contributed by atoms with Gasteiger partial charge in [0.25, 0.3) is 5.91 Å². The lowest BCUT2D eigenvalue weighted by Gasteiger charge is -2.32. The summed E-state index contributed by atoms with van der Waals surface area (Å²) in [5, 5.41) is 3.21. The first kappa shape index (κ1) is 19.8. The van der Waals surface area contributed by atoms with Crippen molar-refractivity contribution in [3.63, 3.8) is 0 Å². The number of rotatable bonds is 6. The summed E-state index contributed by atoms with van der Waals surface area (Å²) in [7, 11) is 1.97. The van der Waals surface area contributed by atoms with Gasteiger partial charge in [0.15, 0.2) is 0 Å². The summed E-state index contributed by atoms with van der Waals surface area (Å²) in [6.07, 6.45) is 3.46. The first-order valence-electron chi connectivity index (χ1n) is 8.34. The monoisotopic (exact) mass is 340 g/mol. The van der Waals surface area contributed by atoms with Crippen LogP contribution in [0.1, 0.15) is 43.5 Å². The molecule has 0 radical (unpaired) electrons. The number of hydrogen-bond acceptors (Lipinski definition) is 3. The van der Waals surface area contributed by atoms with Crippen molar-refractivity contribution in [3.05, 3.63) is 29.8 Å². The Bertz CT molecular complexity index is 476. The highest BCUT2D eigenvalue weighted by Crippen LogP contribution is 2.20. The highest BCUT2D eigenvalue weighted by Gasteiger charge is 2.24. The standard InChI is InChI=1S/C18H28N2O2.ClH/c1-4-14(2)22-17-9-7-16(8-10-17)18(21)20-11-5-6-15(13-20)12-19-3;/h7-10,14-15,19H,4-6,11-13H2,1-3H3;1H. The minimum atomic E-state index is 0. The number of halogens is 1. The summed E-state index contributed by atoms with van der Waals surface area (Å²) < 4.78 is 5.76. The quantitative estimate of drug-likeness (QED) is 0.863. The molecule has 23 heavy (non-hydrogen) atoms. The number of benzene rings is 1. The van der Waals surface area contributed by atoms with Gasteiger partial charge in [0.1, 0.15) is 5.75 Å². The second-order valence-electron chi connectivity index (χ2n) is 6.18. The van der Waals surface area contributed by atoms with Crippen molar-refractivity contribution in [2.24, 2.45) is 5.92 Å². The predicted molar refractivity (Wildman–Crippen MR) is 96.6 cm³/mol. The van der Waals surface area contributed by atoms with Gasteiger partial charge in [0.05, 0.1) is 6.10 Å². The number of carbonyl (C=O) groups is 1. The van der Waals surface area contributed by atoms with Gasteiger partial charge in [-0.15, -0.1) is 12.4 Å². The molecule has 2 rings (SSSR count). The molecule has 4 nitrogen and oxygen atoms in total. The fourth-order valence-corrected chi connectivity index (χ4v) is 2.88. The van der Waals surface area contributed by atoms with Crippen molar-refractivity contribution >= 4 is 18.3 Å². The Morgan fingerprint density at radius 2 is 2.09 bits per heavy atom. The number of ether oxygens (including phenoxy) is 1. The van der Waals surface area contributed by atoms with Gasteiger partial charge >= 0.3 is 0 Å². The normalized spacial score (nSPS) is 18.9. The average molecular weight is 341 g/mol. The molecule has 0 aromatic heterocycles. The van der Waals surface area contributed by atoms with Crippen LogP contribution in [0, 0.1) is 5.92 Å². The van der Waals surface area contributed by atoms with Crippen LogP contribution < -0.4 is 10.1 Å². The van der Waals surface area contributed by atoms with Crippen LogP contribution in [-0.2, 0) is 0 Å². The van der Waals surface area contributed by atoms with E-state index in [1.54, 1.807) is 0 Å². The summed E-state index contributed by atoms with van der Waals surface area (Å²) in [6.45, 7) is 6.84. The minimum Gasteiger partial charge on any atom is -0.491 e. The van der Waals surface area contributed by atoms with Crippen LogP contribution in [0.4, 0.5) is 0 Å². The van der Waals surface area contributed by atoms with Gasteiger partial charge in [0.2, 0.25) is 0 Å². The molecule has 0 bridgehead atoms. The van der Waals surface area contributed by atoms with Crippen LogP contribution in [0.25, 0.3) is 0 Å². The number of nitrogens with one attached hydrogen (secondary N) is 1. The number of carbonyl (C=O) groups excluding carboxylic acids is 1. The van der Waals surface area contributed by atoms with E-state index in [0.717, 1.165) is 43.8 Å². The predicted octanol–water partition coefficient (Wildman–Crippen LogP) is 3.36. The minimum absolute atomic E-state index is 0. The fraction of sp³-hybridized carbons (Fsp3) is 0.611. The van der Waals surface area contributed by atoms with Crippen LogP contribution in [0.3, 0.4) is 0 Å². The van der Waals surface area contributed by atoms with Crippen LogP contribution in [0.2, 0.25) is 0 Å². The van der Waals surface area contributed by atoms with E-state index in [4.69, 9.17) is 4.74 Å². The largest absolute Gasteiger partial charge is 0.491 e. The zero-order valence-electron chi connectivity index (χ0n) is 14.4. The molecule has 1 fully saturated rings. The smallest absolute Gasteiger partial charge is 0.253 e. The van der Waals surface area contributed by atoms with Crippen LogP contribution >= 0.6 is 12.4 Å². The van der Waals surface area contributed by atoms with E-state index >= 15 is 0 Å². The average Bonchev–Trinajstić information content (AvgIpc) is 2.55. The lowest BCUT2D eigenvalue weighted by molar-refractivity contribution is 0.0674. The van der Waals surface area contributed by atoms with Crippen molar-refractivity contribution in [1.29, 1.82) is 0 Å². The van der Waals surface area contributed by atoms with Gasteiger partial charge in [-0.3, -0.25) is 4.79 Å². The molecule has 1 aliphatic heterocycles. The maximum Gasteiger partial charge on any atom is 0.253 e. The zero-order valence-corrected chi connectivity index (χ0v) is 15.2. The van der Waals surface area contributed by atoms with Gasteiger partial charge in [-0.25, -0.2) is 0 Å². The first-order chi connectivity index (χ1) is 10.6. The van der Waals surface area contributed by atoms with Crippen molar-refractivity contribution in [3.8, 4) is 5.75 Å². The van der Waals surface area contributed by atoms with E-state index in [9.17, 15) is 4.79 Å². The van der Waals surface area contributed by atoms with Crippen LogP contribution in [0.5, 0.6) is 5.75 Å². The lowest BCUT2D eigenvalue weighted by Crippen LogP contribution is -2.42. The van der Waals surface area contributed by atoms with Gasteiger partial charge in [0, 0.05) is 18.7 Å². The Morgan fingerprint density at radius 3 is 2.70 bits per heavy atom. The topological polar surface area (TPSA) is 41.6 Å². The molecule has 1 heterocycles. The molecule has 1 aliphatic rings. The SMILES string of the molecule is CCC(C)Oc1ccc(C(=O)N2CCCC(CNC)C2)cc1.Cl. The Labute approximate surface area is 146 Å². The van der Waals surface area contributed by atoms with E-state index in [0.29, 0.717) is 5.92 Å². The molecule has 5 heteroatoms. The molecule has 2 unspecified atom stereocenters. The van der Waals surface area contributed by atoms with E-state index in [-0.39, 0.29) is 24.4 Å². The summed E-state index contributed by atoms with van der Waals surface area (Å²) in [4.78, 5) is 14.6. The number of likely N-dealkylation sites (tertiary alicyclic amines) is 1. The molecular formula is C18H29ClN2O2. The molecule has 0 aliphatic carbocycles. The Hall–Kier alpha value is -1.26. The third-order valence-electron chi connectivity index (χ3n) is 4.31. The lowest BCUT2D eigenvalue weighted by atomic mass is 9.97. The third kappa shape index (κ3) is 5.70. The van der Waals surface area contributed by atoms with Crippen molar-refractivity contribution in [2.45, 2.75) is 39.2 Å². The van der Waals surface area contributed by atoms with E-state index in [2.05, 4.69) is 19.2 Å². The maximum absolute atomic E-state index is 12.6. The van der Waals surface area contributed by atoms with Gasteiger partial charge in [-0.05, 0) is 70.0 Å². The first-order valence-corrected chi connectivity index (χ1v) is 8.34. The molecular weight excluding hydrogens is 312 g/mol. The zero-order chi connectivity index (χ0) is 15.9. The third-order valence-corrected chi connectivity index (χ3v) is 4.31. The molecule has 1 aromatic carbocycles. The van der Waals surface area contributed by atoms with Crippen molar-refractivity contribution in [2.75, 3.05) is 26.7 Å². The summed E-state index contributed by atoms with van der Waals surface area (Å²) >= 11 is 0. The van der Waals surface area contributed by atoms with Gasteiger partial charge < -0.3 is 15.0 Å². The summed E-state index contributed by atoms with van der Waals surface area (Å²) in [5.41, 5.74) is 0.751. The molecule has 1 amide bonds. The molecule has 1 saturated heterocycles. The number of nitrogens with zero attached hydrogens (tertiary/aromatic N) is 1. The van der Waals surface area contributed by atoms with E-state index < -0.39 is 0 Å². The van der Waals surface area contributed by atoms with E-state index in [1.165, 1.54) is 6.42 Å². The second kappa shape index (κ2) is 9.78. The van der Waals surface area contributed by atoms with Crippen molar-refractivity contribution < 1.29 is 9.53 Å². The molecule has 1 aromatic rings. The number of piperidine rings is 1. The Balaban J connectivity index is 0.00000264. The number of amides is 1. The summed E-state index contributed by atoms with van der Waals surface area (Å²) in [6, 6.07) is 7.55. The molecule has 130 valence electrons. The highest BCUT2D eigenvalue weighted by atomic mass is 35.5. The Kier molecular flexibility index (Phi) is 8.42. The fourth-order valence-electron chi connectivity index (χ4n) is 2.88. The molecule has 1 N–H and O–H groups in total. The maximum atomic E-state index is 12.6. The Morgan fingerprint density at radius 1 is 1.39 bits per heavy atom. The van der Waals surface area contributed by atoms with E-state index in [1.807, 2.05) is 36.2 Å². The van der Waals surface area contributed by atoms with Gasteiger partial charge in [-0.2, -0.15) is 0 Å². The second-order valence-corrected chi connectivity index (χ2v) is 6.18. The van der Waals surface area contributed by atoms with Crippen LogP contribution in [-0.4, -0.2) is 43.6 Å². The summed E-state index contributed by atoms with van der Waals surface area (Å²) in [5.74, 6) is 1.53.